The van der Waals surface area contributed by atoms with E-state index in [-0.39, 0.29) is 5.60 Å². The normalized spacial score (nSPS) is 22.2. The van der Waals surface area contributed by atoms with Crippen LogP contribution in [0, 0.1) is 20.8 Å². The maximum atomic E-state index is 6.71. The fourth-order valence-electron chi connectivity index (χ4n) is 6.53. The second-order valence-electron chi connectivity index (χ2n) is 11.3. The Balaban J connectivity index is 1.41. The van der Waals surface area contributed by atoms with Gasteiger partial charge in [-0.25, -0.2) is 0 Å². The third-order valence-corrected chi connectivity index (χ3v) is 8.74. The van der Waals surface area contributed by atoms with E-state index in [0.717, 1.165) is 44.2 Å². The Morgan fingerprint density at radius 1 is 0.829 bits per heavy atom. The van der Waals surface area contributed by atoms with Gasteiger partial charge >= 0.3 is 0 Å². The molecule has 0 saturated carbocycles. The molecule has 0 spiro atoms. The van der Waals surface area contributed by atoms with Gasteiger partial charge in [-0.3, -0.25) is 0 Å². The zero-order chi connectivity index (χ0) is 24.7. The van der Waals surface area contributed by atoms with Crippen LogP contribution in [0.3, 0.4) is 0 Å². The third-order valence-electron chi connectivity index (χ3n) is 8.74. The summed E-state index contributed by atoms with van der Waals surface area (Å²) in [5, 5.41) is 0. The zero-order valence-electron chi connectivity index (χ0n) is 22.6. The molecule has 3 aliphatic heterocycles. The van der Waals surface area contributed by atoms with E-state index in [1.165, 1.54) is 66.0 Å². The maximum Gasteiger partial charge on any atom is 0.127 e. The van der Waals surface area contributed by atoms with Crippen molar-refractivity contribution in [2.24, 2.45) is 0 Å². The van der Waals surface area contributed by atoms with E-state index >= 15 is 0 Å². The molecule has 2 aromatic rings. The Morgan fingerprint density at radius 2 is 1.46 bits per heavy atom. The highest BCUT2D eigenvalue weighted by atomic mass is 16.5. The van der Waals surface area contributed by atoms with Gasteiger partial charge < -0.3 is 24.2 Å². The molecule has 0 bridgehead atoms. The Kier molecular flexibility index (Phi) is 6.65. The van der Waals surface area contributed by atoms with E-state index in [0.29, 0.717) is 5.92 Å². The molecule has 2 fully saturated rings. The average Bonchev–Trinajstić information content (AvgIpc) is 3.14. The van der Waals surface area contributed by atoms with Crippen LogP contribution in [0.1, 0.15) is 61.3 Å². The number of nitrogens with zero attached hydrogens (tertiary/aromatic N) is 3. The molecule has 0 amide bonds. The molecule has 0 N–H and O–H groups in total. The highest BCUT2D eigenvalue weighted by Gasteiger charge is 2.45. The van der Waals surface area contributed by atoms with E-state index in [1.54, 1.807) is 7.11 Å². The van der Waals surface area contributed by atoms with E-state index < -0.39 is 0 Å². The third kappa shape index (κ3) is 4.48. The predicted molar refractivity (Wildman–Crippen MR) is 146 cm³/mol. The van der Waals surface area contributed by atoms with Gasteiger partial charge in [0.05, 0.1) is 7.11 Å². The molecule has 3 heterocycles. The van der Waals surface area contributed by atoms with Crippen LogP contribution in [0.15, 0.2) is 24.3 Å². The minimum absolute atomic E-state index is 0.173. The van der Waals surface area contributed by atoms with Gasteiger partial charge in [-0.2, -0.15) is 0 Å². The molecule has 1 atom stereocenters. The first-order valence-corrected chi connectivity index (χ1v) is 13.5. The van der Waals surface area contributed by atoms with Gasteiger partial charge in [-0.15, -0.1) is 0 Å². The summed E-state index contributed by atoms with van der Waals surface area (Å²) < 4.78 is 12.0. The van der Waals surface area contributed by atoms with Crippen molar-refractivity contribution >= 4 is 11.4 Å². The number of rotatable bonds is 5. The first kappa shape index (κ1) is 24.3. The number of piperidine rings is 1. The van der Waals surface area contributed by atoms with Crippen molar-refractivity contribution in [3.63, 3.8) is 0 Å². The van der Waals surface area contributed by atoms with Crippen molar-refractivity contribution in [3.05, 3.63) is 46.5 Å². The highest BCUT2D eigenvalue weighted by molar-refractivity contribution is 5.71. The summed E-state index contributed by atoms with van der Waals surface area (Å²) in [4.78, 5) is 7.80. The van der Waals surface area contributed by atoms with Gasteiger partial charge in [-0.05, 0) is 102 Å². The number of piperazine rings is 1. The van der Waals surface area contributed by atoms with Crippen LogP contribution in [0.4, 0.5) is 11.4 Å². The van der Waals surface area contributed by atoms with Gasteiger partial charge in [0.1, 0.15) is 17.1 Å². The first-order valence-electron chi connectivity index (χ1n) is 13.5. The quantitative estimate of drug-likeness (QED) is 0.552. The highest BCUT2D eigenvalue weighted by Crippen LogP contribution is 2.52. The second-order valence-corrected chi connectivity index (χ2v) is 11.3. The van der Waals surface area contributed by atoms with Crippen molar-refractivity contribution in [1.29, 1.82) is 0 Å². The van der Waals surface area contributed by atoms with Gasteiger partial charge in [0.2, 0.25) is 0 Å². The average molecular weight is 478 g/mol. The number of anilines is 2. The first-order chi connectivity index (χ1) is 16.8. The Morgan fingerprint density at radius 3 is 2.09 bits per heavy atom. The smallest absolute Gasteiger partial charge is 0.127 e. The van der Waals surface area contributed by atoms with Gasteiger partial charge in [-0.1, -0.05) is 6.42 Å². The number of ether oxygens (including phenoxy) is 2. The predicted octanol–water partition coefficient (Wildman–Crippen LogP) is 5.69. The standard InChI is InChI=1S/C30H43N3O2/c1-21-22(2)29-27(26(30(4,5)35-29)20-31-14-8-7-9-15-31)23(3)28(21)33-18-16-32(17-19-33)24-10-12-25(34-6)13-11-24/h10-13,26H,7-9,14-20H2,1-6H3. The van der Waals surface area contributed by atoms with E-state index in [9.17, 15) is 0 Å². The number of fused-ring (bicyclic) bond motifs is 1. The Hall–Kier alpha value is -2.40. The summed E-state index contributed by atoms with van der Waals surface area (Å²) in [5.41, 5.74) is 8.17. The number of methoxy groups -OCH3 is 1. The molecule has 190 valence electrons. The van der Waals surface area contributed by atoms with Crippen molar-refractivity contribution < 1.29 is 9.47 Å². The van der Waals surface area contributed by atoms with Crippen LogP contribution in [0.5, 0.6) is 11.5 Å². The summed E-state index contributed by atoms with van der Waals surface area (Å²) in [7, 11) is 1.72. The molecule has 5 nitrogen and oxygen atoms in total. The molecule has 1 unspecified atom stereocenters. The molecule has 2 saturated heterocycles. The number of benzene rings is 2. The van der Waals surface area contributed by atoms with Crippen molar-refractivity contribution in [1.82, 2.24) is 4.90 Å². The van der Waals surface area contributed by atoms with Crippen molar-refractivity contribution in [2.75, 3.05) is 62.7 Å². The summed E-state index contributed by atoms with van der Waals surface area (Å²) in [6, 6.07) is 8.47. The fourth-order valence-corrected chi connectivity index (χ4v) is 6.53. The monoisotopic (exact) mass is 477 g/mol. The molecule has 0 radical (unpaired) electrons. The molecule has 2 aromatic carbocycles. The maximum absolute atomic E-state index is 6.71. The number of hydrogen-bond donors (Lipinski definition) is 0. The summed E-state index contributed by atoms with van der Waals surface area (Å²) in [5.74, 6) is 2.48. The molecule has 35 heavy (non-hydrogen) atoms. The molecule has 5 heteroatoms. The Labute approximate surface area is 212 Å². The van der Waals surface area contributed by atoms with Crippen LogP contribution < -0.4 is 19.3 Å². The minimum Gasteiger partial charge on any atom is -0.497 e. The van der Waals surface area contributed by atoms with Crippen LogP contribution in [0.25, 0.3) is 0 Å². The molecular weight excluding hydrogens is 434 g/mol. The minimum atomic E-state index is -0.173. The number of likely N-dealkylation sites (tertiary alicyclic amines) is 1. The zero-order valence-corrected chi connectivity index (χ0v) is 22.6. The van der Waals surface area contributed by atoms with Crippen LogP contribution >= 0.6 is 0 Å². The van der Waals surface area contributed by atoms with Crippen LogP contribution in [0.2, 0.25) is 0 Å². The summed E-state index contributed by atoms with van der Waals surface area (Å²) >= 11 is 0. The molecule has 0 aliphatic carbocycles. The van der Waals surface area contributed by atoms with E-state index in [4.69, 9.17) is 9.47 Å². The lowest BCUT2D eigenvalue weighted by Crippen LogP contribution is -2.47. The molecule has 3 aliphatic rings. The fraction of sp³-hybridized carbons (Fsp3) is 0.600. The lowest BCUT2D eigenvalue weighted by atomic mass is 9.82. The van der Waals surface area contributed by atoms with Crippen molar-refractivity contribution in [3.8, 4) is 11.5 Å². The summed E-state index contributed by atoms with van der Waals surface area (Å²) in [6.07, 6.45) is 4.04. The number of hydrogen-bond acceptors (Lipinski definition) is 5. The largest absolute Gasteiger partial charge is 0.497 e. The van der Waals surface area contributed by atoms with Gasteiger partial charge in [0.15, 0.2) is 0 Å². The SMILES string of the molecule is COc1ccc(N2CCN(c3c(C)c(C)c4c(c3C)C(CN3CCCCC3)C(C)(C)O4)CC2)cc1. The van der Waals surface area contributed by atoms with Gasteiger partial charge in [0, 0.05) is 55.6 Å². The van der Waals surface area contributed by atoms with Crippen LogP contribution in [-0.2, 0) is 0 Å². The van der Waals surface area contributed by atoms with E-state index in [2.05, 4.69) is 73.6 Å². The lowest BCUT2D eigenvalue weighted by Gasteiger charge is -2.39. The lowest BCUT2D eigenvalue weighted by molar-refractivity contribution is 0.0842. The van der Waals surface area contributed by atoms with Crippen LogP contribution in [-0.4, -0.2) is 63.4 Å². The van der Waals surface area contributed by atoms with E-state index in [1.807, 2.05) is 0 Å². The summed E-state index contributed by atoms with van der Waals surface area (Å²) in [6.45, 7) is 19.2. The second kappa shape index (κ2) is 9.57. The van der Waals surface area contributed by atoms with Crippen molar-refractivity contribution in [2.45, 2.75) is 65.4 Å². The molecular formula is C30H43N3O2. The van der Waals surface area contributed by atoms with Gasteiger partial charge in [0.25, 0.3) is 0 Å². The molecule has 0 aromatic heterocycles. The Bertz CT molecular complexity index is 1050. The molecule has 5 rings (SSSR count). The topological polar surface area (TPSA) is 28.2 Å².